The van der Waals surface area contributed by atoms with Crippen LogP contribution < -0.4 is 4.90 Å². The fourth-order valence-corrected chi connectivity index (χ4v) is 6.76. The van der Waals surface area contributed by atoms with Crippen molar-refractivity contribution in [3.63, 3.8) is 0 Å². The zero-order valence-electron chi connectivity index (χ0n) is 21.6. The van der Waals surface area contributed by atoms with Gasteiger partial charge in [0.1, 0.15) is 5.76 Å². The number of sulfone groups is 1. The average molecular weight is 488 g/mol. The molecule has 34 heavy (non-hydrogen) atoms. The molecule has 188 valence electrons. The van der Waals surface area contributed by atoms with E-state index in [9.17, 15) is 18.3 Å². The molecule has 0 saturated heterocycles. The van der Waals surface area contributed by atoms with Gasteiger partial charge in [-0.15, -0.1) is 0 Å². The van der Waals surface area contributed by atoms with Crippen molar-refractivity contribution in [1.82, 2.24) is 0 Å². The lowest BCUT2D eigenvalue weighted by Gasteiger charge is -2.31. The van der Waals surface area contributed by atoms with Crippen molar-refractivity contribution in [3.05, 3.63) is 53.3 Å². The molecule has 3 rings (SSSR count). The summed E-state index contributed by atoms with van der Waals surface area (Å²) >= 11 is 0. The Morgan fingerprint density at radius 2 is 1.71 bits per heavy atom. The van der Waals surface area contributed by atoms with Crippen LogP contribution in [0.5, 0.6) is 0 Å². The summed E-state index contributed by atoms with van der Waals surface area (Å²) in [5.41, 5.74) is 1.65. The molecule has 1 N–H and O–H groups in total. The van der Waals surface area contributed by atoms with Gasteiger partial charge in [-0.3, -0.25) is 4.79 Å². The first-order valence-electron chi connectivity index (χ1n) is 12.5. The zero-order chi connectivity index (χ0) is 25.5. The summed E-state index contributed by atoms with van der Waals surface area (Å²) in [6.07, 6.45) is 10.2. The average Bonchev–Trinajstić information content (AvgIpc) is 2.85. The summed E-state index contributed by atoms with van der Waals surface area (Å²) in [5.74, 6) is -0.0654. The van der Waals surface area contributed by atoms with Crippen LogP contribution in [0.15, 0.2) is 52.7 Å². The number of allylic oxidation sites excluding steroid dienone is 5. The third kappa shape index (κ3) is 6.01. The SMILES string of the molecule is CCC.CCCCC1(CCC)CS(=O)(=O)c2ccc(N(C)C)cc2/C(=C2/C=CC(O)=CC2)C1=O. The Morgan fingerprint density at radius 3 is 2.24 bits per heavy atom. The molecule has 5 nitrogen and oxygen atoms in total. The van der Waals surface area contributed by atoms with Crippen LogP contribution in [0, 0.1) is 5.41 Å². The minimum absolute atomic E-state index is 0.0736. The van der Waals surface area contributed by atoms with E-state index < -0.39 is 15.3 Å². The van der Waals surface area contributed by atoms with Crippen LogP contribution in [0.25, 0.3) is 5.57 Å². The van der Waals surface area contributed by atoms with Gasteiger partial charge in [0.05, 0.1) is 10.6 Å². The molecular weight excluding hydrogens is 446 g/mol. The molecule has 1 aromatic rings. The van der Waals surface area contributed by atoms with Gasteiger partial charge >= 0.3 is 0 Å². The van der Waals surface area contributed by atoms with E-state index in [1.54, 1.807) is 30.4 Å². The predicted molar refractivity (Wildman–Crippen MR) is 142 cm³/mol. The van der Waals surface area contributed by atoms with Crippen molar-refractivity contribution < 1.29 is 18.3 Å². The van der Waals surface area contributed by atoms with Gasteiger partial charge in [0.15, 0.2) is 15.6 Å². The molecular formula is C28H41NO4S. The molecule has 0 saturated carbocycles. The second kappa shape index (κ2) is 11.9. The molecule has 0 amide bonds. The Labute approximate surface area is 206 Å². The molecule has 0 aromatic heterocycles. The number of carbonyl (C=O) groups is 1. The van der Waals surface area contributed by atoms with Crippen LogP contribution >= 0.6 is 0 Å². The van der Waals surface area contributed by atoms with E-state index in [0.29, 0.717) is 30.4 Å². The number of carbonyl (C=O) groups excluding carboxylic acids is 1. The van der Waals surface area contributed by atoms with Crippen molar-refractivity contribution >= 4 is 26.9 Å². The molecule has 0 spiro atoms. The number of hydrogen-bond donors (Lipinski definition) is 1. The zero-order valence-corrected chi connectivity index (χ0v) is 22.5. The lowest BCUT2D eigenvalue weighted by atomic mass is 9.72. The number of rotatable bonds is 6. The number of fused-ring (bicyclic) bond motifs is 1. The molecule has 2 aliphatic rings. The summed E-state index contributed by atoms with van der Waals surface area (Å²) in [6, 6.07) is 5.26. The number of Topliss-reactive ketones (excluding diaryl/α,β-unsaturated/α-hetero) is 1. The number of ketones is 1. The van der Waals surface area contributed by atoms with E-state index >= 15 is 0 Å². The molecule has 1 atom stereocenters. The van der Waals surface area contributed by atoms with E-state index in [0.717, 1.165) is 30.5 Å². The number of anilines is 1. The standard InChI is InChI=1S/C25H33NO4S.C3H8/c1-5-7-15-25(14-6-2)17-31(29,30)22-13-10-19(26(3)4)16-21(22)23(24(25)28)18-8-11-20(27)12-9-18;1-3-2/h8,10-13,16,27H,5-7,9,14-15,17H2,1-4H3;3H2,1-2H3/b23-18+;. The quantitative estimate of drug-likeness (QED) is 0.454. The van der Waals surface area contributed by atoms with Gasteiger partial charge in [-0.2, -0.15) is 0 Å². The van der Waals surface area contributed by atoms with E-state index in [1.807, 2.05) is 32.0 Å². The highest BCUT2D eigenvalue weighted by atomic mass is 32.2. The van der Waals surface area contributed by atoms with Crippen molar-refractivity contribution in [2.75, 3.05) is 24.7 Å². The fraction of sp³-hybridized carbons (Fsp3) is 0.536. The monoisotopic (exact) mass is 487 g/mol. The molecule has 1 unspecified atom stereocenters. The van der Waals surface area contributed by atoms with Crippen LogP contribution in [-0.2, 0) is 14.6 Å². The lowest BCUT2D eigenvalue weighted by molar-refractivity contribution is -0.122. The molecule has 6 heteroatoms. The van der Waals surface area contributed by atoms with Gasteiger partial charge in [-0.25, -0.2) is 8.42 Å². The van der Waals surface area contributed by atoms with E-state index in [2.05, 4.69) is 20.8 Å². The van der Waals surface area contributed by atoms with Crippen LogP contribution in [0.1, 0.15) is 78.2 Å². The maximum absolute atomic E-state index is 14.2. The van der Waals surface area contributed by atoms with Crippen LogP contribution in [0.3, 0.4) is 0 Å². The normalized spacial score (nSPS) is 23.4. The Kier molecular flexibility index (Phi) is 9.74. The van der Waals surface area contributed by atoms with Gasteiger partial charge in [-0.1, -0.05) is 59.5 Å². The fourth-order valence-electron chi connectivity index (χ4n) is 4.69. The van der Waals surface area contributed by atoms with E-state index in [-0.39, 0.29) is 22.2 Å². The first-order chi connectivity index (χ1) is 16.1. The Morgan fingerprint density at radius 1 is 1.03 bits per heavy atom. The lowest BCUT2D eigenvalue weighted by Crippen LogP contribution is -2.37. The molecule has 1 aliphatic heterocycles. The number of benzene rings is 1. The summed E-state index contributed by atoms with van der Waals surface area (Å²) in [4.78, 5) is 16.4. The number of unbranched alkanes of at least 4 members (excludes halogenated alkanes) is 1. The minimum Gasteiger partial charge on any atom is -0.508 e. The minimum atomic E-state index is -3.66. The highest BCUT2D eigenvalue weighted by molar-refractivity contribution is 7.91. The molecule has 1 heterocycles. The molecule has 0 bridgehead atoms. The number of aliphatic hydroxyl groups excluding tert-OH is 1. The van der Waals surface area contributed by atoms with Gasteiger partial charge in [-0.05, 0) is 55.2 Å². The topological polar surface area (TPSA) is 74.7 Å². The first kappa shape index (κ1) is 27.9. The molecule has 0 radical (unpaired) electrons. The summed E-state index contributed by atoms with van der Waals surface area (Å²) in [5, 5.41) is 9.81. The van der Waals surface area contributed by atoms with Gasteiger partial charge < -0.3 is 10.0 Å². The van der Waals surface area contributed by atoms with E-state index in [4.69, 9.17) is 0 Å². The highest BCUT2D eigenvalue weighted by Gasteiger charge is 2.47. The van der Waals surface area contributed by atoms with Gasteiger partial charge in [0.2, 0.25) is 0 Å². The van der Waals surface area contributed by atoms with E-state index in [1.165, 1.54) is 6.42 Å². The molecule has 1 aromatic carbocycles. The molecule has 1 aliphatic carbocycles. The van der Waals surface area contributed by atoms with Gasteiger partial charge in [0.25, 0.3) is 0 Å². The van der Waals surface area contributed by atoms with Crippen molar-refractivity contribution in [1.29, 1.82) is 0 Å². The summed E-state index contributed by atoms with van der Waals surface area (Å²) in [7, 11) is 0.130. The maximum atomic E-state index is 14.2. The summed E-state index contributed by atoms with van der Waals surface area (Å²) in [6.45, 7) is 8.31. The Hall–Kier alpha value is -2.34. The van der Waals surface area contributed by atoms with Crippen LogP contribution in [0.4, 0.5) is 5.69 Å². The smallest absolute Gasteiger partial charge is 0.179 e. The number of hydrogen-bond acceptors (Lipinski definition) is 5. The van der Waals surface area contributed by atoms with Crippen LogP contribution in [0.2, 0.25) is 0 Å². The number of aliphatic hydroxyl groups is 1. The number of nitrogens with zero attached hydrogens (tertiary/aromatic N) is 1. The predicted octanol–water partition coefficient (Wildman–Crippen LogP) is 6.66. The summed E-state index contributed by atoms with van der Waals surface area (Å²) < 4.78 is 27.2. The van der Waals surface area contributed by atoms with Gasteiger partial charge in [0, 0.05) is 36.3 Å². The van der Waals surface area contributed by atoms with Crippen LogP contribution in [-0.4, -0.2) is 39.2 Å². The first-order valence-corrected chi connectivity index (χ1v) is 14.1. The van der Waals surface area contributed by atoms with Crippen molar-refractivity contribution in [3.8, 4) is 0 Å². The van der Waals surface area contributed by atoms with Crippen molar-refractivity contribution in [2.24, 2.45) is 5.41 Å². The molecule has 0 fully saturated rings. The van der Waals surface area contributed by atoms with Crippen molar-refractivity contribution in [2.45, 2.75) is 77.5 Å². The largest absolute Gasteiger partial charge is 0.508 e. The highest BCUT2D eigenvalue weighted by Crippen LogP contribution is 2.46. The second-order valence-electron chi connectivity index (χ2n) is 9.57. The maximum Gasteiger partial charge on any atom is 0.179 e. The Bertz CT molecular complexity index is 1080. The Balaban J connectivity index is 0.00000129. The third-order valence-electron chi connectivity index (χ3n) is 6.30. The second-order valence-corrected chi connectivity index (χ2v) is 11.5. The third-order valence-corrected chi connectivity index (χ3v) is 8.26.